The summed E-state index contributed by atoms with van der Waals surface area (Å²) in [6.45, 7) is 2.05. The third-order valence-corrected chi connectivity index (χ3v) is 5.64. The molecule has 1 aliphatic heterocycles. The number of carbonyl (C=O) groups is 2. The molecule has 4 aromatic rings. The summed E-state index contributed by atoms with van der Waals surface area (Å²) in [6, 6.07) is 7.82. The van der Waals surface area contributed by atoms with Crippen LogP contribution in [0.3, 0.4) is 0 Å². The van der Waals surface area contributed by atoms with Crippen molar-refractivity contribution in [2.24, 2.45) is 0 Å². The predicted octanol–water partition coefficient (Wildman–Crippen LogP) is 1.78. The molecule has 4 aromatic heterocycles. The van der Waals surface area contributed by atoms with E-state index in [1.165, 1.54) is 21.2 Å². The van der Waals surface area contributed by atoms with Gasteiger partial charge >= 0.3 is 0 Å². The summed E-state index contributed by atoms with van der Waals surface area (Å²) in [5.41, 5.74) is 1.94. The summed E-state index contributed by atoms with van der Waals surface area (Å²) in [4.78, 5) is 48.8. The van der Waals surface area contributed by atoms with Gasteiger partial charge in [0.15, 0.2) is 0 Å². The zero-order valence-electron chi connectivity index (χ0n) is 18.2. The van der Waals surface area contributed by atoms with Crippen molar-refractivity contribution in [2.45, 2.75) is 33.0 Å². The van der Waals surface area contributed by atoms with Crippen molar-refractivity contribution in [3.8, 4) is 0 Å². The van der Waals surface area contributed by atoms with Crippen molar-refractivity contribution >= 4 is 23.3 Å². The van der Waals surface area contributed by atoms with E-state index in [-0.39, 0.29) is 41.6 Å². The lowest BCUT2D eigenvalue weighted by Crippen LogP contribution is -2.30. The van der Waals surface area contributed by atoms with E-state index in [1.807, 2.05) is 6.92 Å². The van der Waals surface area contributed by atoms with E-state index in [0.717, 1.165) is 11.8 Å². The van der Waals surface area contributed by atoms with Gasteiger partial charge in [-0.3, -0.25) is 19.4 Å². The van der Waals surface area contributed by atoms with Crippen molar-refractivity contribution < 1.29 is 14.0 Å². The van der Waals surface area contributed by atoms with Gasteiger partial charge in [0.1, 0.15) is 29.5 Å². The Hall–Kier alpha value is -4.41. The SMILES string of the molecule is CCc1cc2n(CC(=O)Nc3ccc(F)cn3)c3c(c(=O)n2n1)CN(Cc1ccncc1)C3=O. The molecular formula is C23H20FN7O3. The van der Waals surface area contributed by atoms with Gasteiger partial charge in [-0.15, -0.1) is 0 Å². The first-order valence-electron chi connectivity index (χ1n) is 10.7. The summed E-state index contributed by atoms with van der Waals surface area (Å²) in [5.74, 6) is -1.18. The number of pyridine rings is 2. The lowest BCUT2D eigenvalue weighted by Gasteiger charge is -2.16. The third-order valence-electron chi connectivity index (χ3n) is 5.64. The van der Waals surface area contributed by atoms with Gasteiger partial charge in [0.2, 0.25) is 5.91 Å². The summed E-state index contributed by atoms with van der Waals surface area (Å²) in [7, 11) is 0. The van der Waals surface area contributed by atoms with Crippen LogP contribution in [0.4, 0.5) is 10.2 Å². The Morgan fingerprint density at radius 1 is 1.18 bits per heavy atom. The first-order valence-corrected chi connectivity index (χ1v) is 10.7. The molecule has 0 atom stereocenters. The molecule has 10 nitrogen and oxygen atoms in total. The van der Waals surface area contributed by atoms with Crippen LogP contribution >= 0.6 is 0 Å². The molecule has 5 rings (SSSR count). The normalized spacial score (nSPS) is 12.9. The fourth-order valence-corrected chi connectivity index (χ4v) is 4.01. The molecule has 0 bridgehead atoms. The smallest absolute Gasteiger partial charge is 0.280 e. The van der Waals surface area contributed by atoms with E-state index in [4.69, 9.17) is 0 Å². The zero-order valence-corrected chi connectivity index (χ0v) is 18.2. The van der Waals surface area contributed by atoms with Crippen LogP contribution in [-0.2, 0) is 30.8 Å². The molecule has 11 heteroatoms. The van der Waals surface area contributed by atoms with E-state index in [1.54, 1.807) is 35.5 Å². The third kappa shape index (κ3) is 3.81. The fourth-order valence-electron chi connectivity index (χ4n) is 4.01. The van der Waals surface area contributed by atoms with Crippen molar-refractivity contribution in [3.05, 3.63) is 87.6 Å². The summed E-state index contributed by atoms with van der Waals surface area (Å²) in [6.07, 6.45) is 4.85. The van der Waals surface area contributed by atoms with Crippen LogP contribution in [0.2, 0.25) is 0 Å². The van der Waals surface area contributed by atoms with Gasteiger partial charge in [0.25, 0.3) is 11.5 Å². The average Bonchev–Trinajstić information content (AvgIpc) is 3.41. The van der Waals surface area contributed by atoms with Gasteiger partial charge in [0, 0.05) is 25.0 Å². The standard InChI is InChI=1S/C23H20FN7O3/c1-2-16-9-20-30(13-19(32)27-18-4-3-15(24)10-26-18)21-17(22(33)31(20)28-16)12-29(23(21)34)11-14-5-7-25-8-6-14/h3-10H,2,11-13H2,1H3,(H,26,27,32). The summed E-state index contributed by atoms with van der Waals surface area (Å²) < 4.78 is 15.9. The molecule has 0 saturated carbocycles. The molecule has 0 aliphatic carbocycles. The quantitative estimate of drug-likeness (QED) is 0.468. The monoisotopic (exact) mass is 461 g/mol. The number of halogens is 1. The van der Waals surface area contributed by atoms with Gasteiger partial charge in [-0.05, 0) is 36.2 Å². The highest BCUT2D eigenvalue weighted by Gasteiger charge is 2.35. The Morgan fingerprint density at radius 2 is 1.97 bits per heavy atom. The minimum Gasteiger partial charge on any atom is -0.328 e. The van der Waals surface area contributed by atoms with Crippen LogP contribution in [0.1, 0.15) is 34.2 Å². The number of carbonyl (C=O) groups excluding carboxylic acids is 2. The molecule has 1 N–H and O–H groups in total. The van der Waals surface area contributed by atoms with Crippen molar-refractivity contribution in [1.82, 2.24) is 29.0 Å². The first-order chi connectivity index (χ1) is 16.4. The predicted molar refractivity (Wildman–Crippen MR) is 119 cm³/mol. The van der Waals surface area contributed by atoms with E-state index < -0.39 is 11.7 Å². The molecule has 5 heterocycles. The Kier molecular flexibility index (Phi) is 5.36. The largest absolute Gasteiger partial charge is 0.328 e. The van der Waals surface area contributed by atoms with E-state index in [0.29, 0.717) is 24.3 Å². The second-order valence-electron chi connectivity index (χ2n) is 7.90. The molecule has 0 aromatic carbocycles. The zero-order chi connectivity index (χ0) is 23.8. The van der Waals surface area contributed by atoms with Gasteiger partial charge in [-0.2, -0.15) is 9.61 Å². The number of hydrogen-bond acceptors (Lipinski definition) is 6. The van der Waals surface area contributed by atoms with E-state index in [2.05, 4.69) is 20.4 Å². The molecule has 34 heavy (non-hydrogen) atoms. The maximum absolute atomic E-state index is 13.4. The summed E-state index contributed by atoms with van der Waals surface area (Å²) >= 11 is 0. The van der Waals surface area contributed by atoms with Gasteiger partial charge < -0.3 is 14.8 Å². The average molecular weight is 461 g/mol. The number of nitrogens with one attached hydrogen (secondary N) is 1. The number of fused-ring (bicyclic) bond motifs is 2. The number of nitrogens with zero attached hydrogens (tertiary/aromatic N) is 6. The van der Waals surface area contributed by atoms with Gasteiger partial charge in [0.05, 0.1) is 24.0 Å². The fraction of sp³-hybridized carbons (Fsp3) is 0.217. The van der Waals surface area contributed by atoms with Crippen LogP contribution in [0.15, 0.2) is 53.7 Å². The van der Waals surface area contributed by atoms with Gasteiger partial charge in [-0.25, -0.2) is 9.37 Å². The van der Waals surface area contributed by atoms with Crippen molar-refractivity contribution in [3.63, 3.8) is 0 Å². The molecule has 0 saturated heterocycles. The molecule has 0 spiro atoms. The van der Waals surface area contributed by atoms with Crippen molar-refractivity contribution in [2.75, 3.05) is 5.32 Å². The number of anilines is 1. The van der Waals surface area contributed by atoms with Crippen LogP contribution in [0.5, 0.6) is 0 Å². The molecular weight excluding hydrogens is 441 g/mol. The number of rotatable bonds is 6. The van der Waals surface area contributed by atoms with Crippen LogP contribution in [0, 0.1) is 5.82 Å². The number of aryl methyl sites for hydroxylation is 1. The first kappa shape index (κ1) is 21.4. The highest BCUT2D eigenvalue weighted by atomic mass is 19.1. The second-order valence-corrected chi connectivity index (χ2v) is 7.90. The van der Waals surface area contributed by atoms with Crippen LogP contribution in [0.25, 0.3) is 5.65 Å². The molecule has 0 unspecified atom stereocenters. The molecule has 1 aliphatic rings. The van der Waals surface area contributed by atoms with Crippen LogP contribution in [-0.4, -0.2) is 40.9 Å². The highest BCUT2D eigenvalue weighted by molar-refractivity contribution is 5.98. The van der Waals surface area contributed by atoms with E-state index >= 15 is 0 Å². The number of amides is 2. The van der Waals surface area contributed by atoms with Crippen molar-refractivity contribution in [1.29, 1.82) is 0 Å². The highest BCUT2D eigenvalue weighted by Crippen LogP contribution is 2.24. The Balaban J connectivity index is 1.54. The number of hydrogen-bond donors (Lipinski definition) is 1. The minimum atomic E-state index is -0.524. The molecule has 2 amide bonds. The lowest BCUT2D eigenvalue weighted by atomic mass is 10.2. The maximum atomic E-state index is 13.4. The van der Waals surface area contributed by atoms with E-state index in [9.17, 15) is 18.8 Å². The topological polar surface area (TPSA) is 114 Å². The second kappa shape index (κ2) is 8.50. The minimum absolute atomic E-state index is 0.105. The summed E-state index contributed by atoms with van der Waals surface area (Å²) in [5, 5.41) is 6.96. The number of aromatic nitrogens is 5. The Labute approximate surface area is 192 Å². The molecule has 0 fully saturated rings. The maximum Gasteiger partial charge on any atom is 0.280 e. The Morgan fingerprint density at radius 3 is 2.68 bits per heavy atom. The van der Waals surface area contributed by atoms with Gasteiger partial charge in [-0.1, -0.05) is 6.92 Å². The Bertz CT molecular complexity index is 1460. The molecule has 172 valence electrons. The van der Waals surface area contributed by atoms with Crippen LogP contribution < -0.4 is 10.9 Å². The molecule has 0 radical (unpaired) electrons. The lowest BCUT2D eigenvalue weighted by molar-refractivity contribution is -0.116.